The minimum Gasteiger partial charge on any atom is -0.481 e. The molecule has 0 bridgehead atoms. The van der Waals surface area contributed by atoms with Crippen LogP contribution in [-0.2, 0) is 4.79 Å². The smallest absolute Gasteiger partial charge is 0.311 e. The lowest BCUT2D eigenvalue weighted by atomic mass is 10.1. The van der Waals surface area contributed by atoms with Crippen LogP contribution < -0.4 is 0 Å². The van der Waals surface area contributed by atoms with Crippen molar-refractivity contribution in [2.75, 3.05) is 0 Å². The molecule has 1 heterocycles. The Kier molecular flexibility index (Phi) is 2.75. The fourth-order valence-corrected chi connectivity index (χ4v) is 2.37. The van der Waals surface area contributed by atoms with Gasteiger partial charge in [0.2, 0.25) is 0 Å². The third kappa shape index (κ3) is 1.79. The van der Waals surface area contributed by atoms with E-state index in [2.05, 4.69) is 0 Å². The molecule has 0 aliphatic carbocycles. The molecule has 0 saturated carbocycles. The van der Waals surface area contributed by atoms with Crippen molar-refractivity contribution in [2.24, 2.45) is 0 Å². The first-order valence-electron chi connectivity index (χ1n) is 3.51. The summed E-state index contributed by atoms with van der Waals surface area (Å²) in [6.45, 7) is 3.55. The third-order valence-electron chi connectivity index (χ3n) is 1.60. The van der Waals surface area contributed by atoms with E-state index in [1.54, 1.807) is 13.0 Å². The molecular formula is C8H9ClO2S. The molecule has 1 rings (SSSR count). The Morgan fingerprint density at radius 3 is 2.67 bits per heavy atom. The number of rotatable bonds is 2. The molecule has 1 aromatic heterocycles. The third-order valence-corrected chi connectivity index (χ3v) is 3.26. The average molecular weight is 205 g/mol. The van der Waals surface area contributed by atoms with Gasteiger partial charge in [-0.05, 0) is 19.9 Å². The lowest BCUT2D eigenvalue weighted by Gasteiger charge is -2.02. The van der Waals surface area contributed by atoms with Gasteiger partial charge in [0, 0.05) is 9.75 Å². The fourth-order valence-electron chi connectivity index (χ4n) is 0.909. The van der Waals surface area contributed by atoms with E-state index in [1.165, 1.54) is 11.3 Å². The molecule has 1 atom stereocenters. The summed E-state index contributed by atoms with van der Waals surface area (Å²) in [5.41, 5.74) is 0. The number of halogens is 1. The fraction of sp³-hybridized carbons (Fsp3) is 0.375. The molecule has 1 unspecified atom stereocenters. The largest absolute Gasteiger partial charge is 0.481 e. The van der Waals surface area contributed by atoms with Crippen molar-refractivity contribution in [3.63, 3.8) is 0 Å². The predicted molar refractivity (Wildman–Crippen MR) is 50.1 cm³/mol. The maximum Gasteiger partial charge on any atom is 0.311 e. The molecule has 0 radical (unpaired) electrons. The summed E-state index contributed by atoms with van der Waals surface area (Å²) in [6.07, 6.45) is 0. The van der Waals surface area contributed by atoms with Gasteiger partial charge in [0.25, 0.3) is 0 Å². The van der Waals surface area contributed by atoms with E-state index in [-0.39, 0.29) is 0 Å². The van der Waals surface area contributed by atoms with E-state index < -0.39 is 11.9 Å². The molecule has 2 nitrogen and oxygen atoms in total. The van der Waals surface area contributed by atoms with Gasteiger partial charge >= 0.3 is 5.97 Å². The quantitative estimate of drug-likeness (QED) is 0.805. The Morgan fingerprint density at radius 1 is 1.75 bits per heavy atom. The van der Waals surface area contributed by atoms with E-state index in [1.807, 2.05) is 6.92 Å². The van der Waals surface area contributed by atoms with Crippen LogP contribution in [-0.4, -0.2) is 11.1 Å². The molecule has 1 N–H and O–H groups in total. The Bertz CT molecular complexity index is 306. The van der Waals surface area contributed by atoms with Crippen molar-refractivity contribution in [2.45, 2.75) is 19.8 Å². The normalized spacial score (nSPS) is 12.9. The van der Waals surface area contributed by atoms with Crippen molar-refractivity contribution < 1.29 is 9.90 Å². The lowest BCUT2D eigenvalue weighted by Crippen LogP contribution is -2.05. The van der Waals surface area contributed by atoms with Gasteiger partial charge < -0.3 is 5.11 Å². The number of thiophene rings is 1. The molecule has 0 spiro atoms. The number of carboxylic acids is 1. The molecular weight excluding hydrogens is 196 g/mol. The Labute approximate surface area is 79.8 Å². The minimum atomic E-state index is -0.834. The van der Waals surface area contributed by atoms with Gasteiger partial charge in [-0.1, -0.05) is 11.6 Å². The van der Waals surface area contributed by atoms with Crippen LogP contribution in [0.15, 0.2) is 6.07 Å². The molecule has 0 saturated heterocycles. The second-order valence-electron chi connectivity index (χ2n) is 2.63. The van der Waals surface area contributed by atoms with E-state index >= 15 is 0 Å². The molecule has 0 aromatic carbocycles. The molecule has 0 fully saturated rings. The van der Waals surface area contributed by atoms with Gasteiger partial charge in [-0.3, -0.25) is 4.79 Å². The second kappa shape index (κ2) is 3.46. The predicted octanol–water partition coefficient (Wildman–Crippen LogP) is 2.90. The van der Waals surface area contributed by atoms with Crippen LogP contribution in [0.1, 0.15) is 22.6 Å². The monoisotopic (exact) mass is 204 g/mol. The van der Waals surface area contributed by atoms with Gasteiger partial charge in [-0.2, -0.15) is 0 Å². The number of aryl methyl sites for hydroxylation is 1. The summed E-state index contributed by atoms with van der Waals surface area (Å²) in [5, 5.41) is 9.28. The minimum absolute atomic E-state index is 0.504. The highest BCUT2D eigenvalue weighted by Crippen LogP contribution is 2.32. The first kappa shape index (κ1) is 9.55. The van der Waals surface area contributed by atoms with Gasteiger partial charge in [0.05, 0.1) is 10.9 Å². The van der Waals surface area contributed by atoms with Crippen LogP contribution in [0, 0.1) is 6.92 Å². The summed E-state index contributed by atoms with van der Waals surface area (Å²) in [6, 6.07) is 1.79. The SMILES string of the molecule is Cc1cc(Cl)c(C(C)C(=O)O)s1. The Balaban J connectivity index is 3.02. The molecule has 0 aliphatic rings. The van der Waals surface area contributed by atoms with Crippen LogP contribution in [0.25, 0.3) is 0 Å². The number of carboxylic acid groups (broad SMARTS) is 1. The zero-order valence-electron chi connectivity index (χ0n) is 6.80. The summed E-state index contributed by atoms with van der Waals surface area (Å²) in [4.78, 5) is 12.4. The maximum atomic E-state index is 10.6. The van der Waals surface area contributed by atoms with Gasteiger partial charge in [-0.25, -0.2) is 0 Å². The first-order chi connectivity index (χ1) is 5.52. The van der Waals surface area contributed by atoms with E-state index in [4.69, 9.17) is 16.7 Å². The Hall–Kier alpha value is -0.540. The van der Waals surface area contributed by atoms with E-state index in [0.29, 0.717) is 5.02 Å². The summed E-state index contributed by atoms with van der Waals surface area (Å²) in [7, 11) is 0. The summed E-state index contributed by atoms with van der Waals surface area (Å²) >= 11 is 7.27. The van der Waals surface area contributed by atoms with Gasteiger partial charge in [0.15, 0.2) is 0 Å². The van der Waals surface area contributed by atoms with Crippen molar-refractivity contribution in [3.8, 4) is 0 Å². The number of hydrogen-bond donors (Lipinski definition) is 1. The second-order valence-corrected chi connectivity index (χ2v) is 4.32. The molecule has 12 heavy (non-hydrogen) atoms. The molecule has 0 aliphatic heterocycles. The van der Waals surface area contributed by atoms with Crippen molar-refractivity contribution in [1.29, 1.82) is 0 Å². The molecule has 1 aromatic rings. The average Bonchev–Trinajstić information content (AvgIpc) is 2.28. The zero-order valence-corrected chi connectivity index (χ0v) is 8.37. The summed E-state index contributed by atoms with van der Waals surface area (Å²) in [5.74, 6) is -1.34. The van der Waals surface area contributed by atoms with Crippen LogP contribution in [0.2, 0.25) is 5.02 Å². The van der Waals surface area contributed by atoms with Crippen LogP contribution >= 0.6 is 22.9 Å². The zero-order chi connectivity index (χ0) is 9.30. The van der Waals surface area contributed by atoms with E-state index in [0.717, 1.165) is 9.75 Å². The topological polar surface area (TPSA) is 37.3 Å². The van der Waals surface area contributed by atoms with Crippen molar-refractivity contribution >= 4 is 28.9 Å². The highest BCUT2D eigenvalue weighted by Gasteiger charge is 2.18. The number of carbonyl (C=O) groups is 1. The number of hydrogen-bond acceptors (Lipinski definition) is 2. The summed E-state index contributed by atoms with van der Waals surface area (Å²) < 4.78 is 0. The molecule has 66 valence electrons. The molecule has 0 amide bonds. The lowest BCUT2D eigenvalue weighted by molar-refractivity contribution is -0.138. The molecule has 4 heteroatoms. The van der Waals surface area contributed by atoms with Crippen LogP contribution in [0.4, 0.5) is 0 Å². The highest BCUT2D eigenvalue weighted by molar-refractivity contribution is 7.12. The van der Waals surface area contributed by atoms with Gasteiger partial charge in [-0.15, -0.1) is 11.3 Å². The van der Waals surface area contributed by atoms with Crippen LogP contribution in [0.5, 0.6) is 0 Å². The maximum absolute atomic E-state index is 10.6. The highest BCUT2D eigenvalue weighted by atomic mass is 35.5. The first-order valence-corrected chi connectivity index (χ1v) is 4.70. The standard InChI is InChI=1S/C8H9ClO2S/c1-4-3-6(9)7(12-4)5(2)8(10)11/h3,5H,1-2H3,(H,10,11). The van der Waals surface area contributed by atoms with Crippen LogP contribution in [0.3, 0.4) is 0 Å². The van der Waals surface area contributed by atoms with Gasteiger partial charge in [0.1, 0.15) is 0 Å². The number of aliphatic carboxylic acids is 1. The Morgan fingerprint density at radius 2 is 2.33 bits per heavy atom. The van der Waals surface area contributed by atoms with Crippen molar-refractivity contribution in [1.82, 2.24) is 0 Å². The van der Waals surface area contributed by atoms with Crippen molar-refractivity contribution in [3.05, 3.63) is 20.8 Å². The van der Waals surface area contributed by atoms with E-state index in [9.17, 15) is 4.79 Å².